The van der Waals surface area contributed by atoms with E-state index >= 15 is 0 Å². The Morgan fingerprint density at radius 2 is 1.89 bits per heavy atom. The molecule has 1 amide bonds. The lowest BCUT2D eigenvalue weighted by Gasteiger charge is -2.41. The van der Waals surface area contributed by atoms with E-state index in [2.05, 4.69) is 10.2 Å². The normalized spacial score (nSPS) is 17.5. The van der Waals surface area contributed by atoms with Gasteiger partial charge in [-0.1, -0.05) is 0 Å². The first-order chi connectivity index (χ1) is 8.35. The molecule has 2 N–H and O–H groups in total. The third-order valence-electron chi connectivity index (χ3n) is 3.44. The summed E-state index contributed by atoms with van der Waals surface area (Å²) < 4.78 is 0. The van der Waals surface area contributed by atoms with Crippen LogP contribution in [0.2, 0.25) is 0 Å². The van der Waals surface area contributed by atoms with E-state index in [0.29, 0.717) is 0 Å². The van der Waals surface area contributed by atoms with Gasteiger partial charge >= 0.3 is 5.97 Å². The first-order valence-corrected chi connectivity index (χ1v) is 6.29. The molecule has 1 saturated heterocycles. The molecule has 0 radical (unpaired) electrons. The highest BCUT2D eigenvalue weighted by molar-refractivity contribution is 5.85. The first kappa shape index (κ1) is 14.9. The number of hydrogen-bond acceptors (Lipinski definition) is 4. The average Bonchev–Trinajstić information content (AvgIpc) is 2.36. The van der Waals surface area contributed by atoms with Crippen molar-refractivity contribution in [3.63, 3.8) is 0 Å². The summed E-state index contributed by atoms with van der Waals surface area (Å²) in [7, 11) is 1.66. The van der Waals surface area contributed by atoms with Crippen LogP contribution >= 0.6 is 0 Å². The van der Waals surface area contributed by atoms with Gasteiger partial charge in [0, 0.05) is 39.8 Å². The van der Waals surface area contributed by atoms with E-state index in [1.54, 1.807) is 7.05 Å². The predicted octanol–water partition coefficient (Wildman–Crippen LogP) is -0.397. The minimum absolute atomic E-state index is 0.0140. The maximum absolute atomic E-state index is 12.3. The number of carbonyl (C=O) groups excluding carboxylic acids is 1. The number of likely N-dealkylation sites (N-methyl/N-ethyl adjacent to an activating group) is 1. The molecular formula is C12H23N3O3. The summed E-state index contributed by atoms with van der Waals surface area (Å²) in [5, 5.41) is 11.9. The Bertz CT molecular complexity index is 312. The van der Waals surface area contributed by atoms with Crippen LogP contribution in [0.4, 0.5) is 0 Å². The predicted molar refractivity (Wildman–Crippen MR) is 68.4 cm³/mol. The van der Waals surface area contributed by atoms with Crippen molar-refractivity contribution in [2.45, 2.75) is 25.8 Å². The topological polar surface area (TPSA) is 72.9 Å². The van der Waals surface area contributed by atoms with Gasteiger partial charge in [0.2, 0.25) is 5.91 Å². The second kappa shape index (κ2) is 6.15. The number of carboxylic acid groups (broad SMARTS) is 1. The number of amides is 1. The minimum Gasteiger partial charge on any atom is -0.481 e. The van der Waals surface area contributed by atoms with E-state index in [4.69, 9.17) is 5.11 Å². The number of hydrogen-bond donors (Lipinski definition) is 2. The summed E-state index contributed by atoms with van der Waals surface area (Å²) in [6.07, 6.45) is -0.0140. The Hall–Kier alpha value is -1.14. The van der Waals surface area contributed by atoms with Gasteiger partial charge in [-0.05, 0) is 13.8 Å². The monoisotopic (exact) mass is 257 g/mol. The largest absolute Gasteiger partial charge is 0.481 e. The molecule has 0 bridgehead atoms. The van der Waals surface area contributed by atoms with E-state index < -0.39 is 11.5 Å². The molecule has 0 aromatic rings. The molecule has 104 valence electrons. The fourth-order valence-corrected chi connectivity index (χ4v) is 2.19. The third kappa shape index (κ3) is 3.68. The smallest absolute Gasteiger partial charge is 0.305 e. The third-order valence-corrected chi connectivity index (χ3v) is 3.44. The van der Waals surface area contributed by atoms with Gasteiger partial charge < -0.3 is 15.3 Å². The van der Waals surface area contributed by atoms with Crippen molar-refractivity contribution in [3.05, 3.63) is 0 Å². The lowest BCUT2D eigenvalue weighted by molar-refractivity contribution is -0.143. The van der Waals surface area contributed by atoms with Crippen LogP contribution in [0.15, 0.2) is 0 Å². The average molecular weight is 257 g/mol. The Kier molecular flexibility index (Phi) is 5.10. The SMILES string of the molecule is CN(CCC(=O)O)C(=O)C(C)(C)N1CCNCC1. The van der Waals surface area contributed by atoms with E-state index in [9.17, 15) is 9.59 Å². The Morgan fingerprint density at radius 3 is 2.39 bits per heavy atom. The highest BCUT2D eigenvalue weighted by Gasteiger charge is 2.36. The van der Waals surface area contributed by atoms with Crippen LogP contribution in [0.3, 0.4) is 0 Å². The first-order valence-electron chi connectivity index (χ1n) is 6.29. The standard InChI is InChI=1S/C12H23N3O3/c1-12(2,15-8-5-13-6-9-15)11(18)14(3)7-4-10(16)17/h13H,4-9H2,1-3H3,(H,16,17). The molecule has 1 rings (SSSR count). The molecule has 1 heterocycles. The lowest BCUT2D eigenvalue weighted by atomic mass is 9.99. The van der Waals surface area contributed by atoms with Crippen molar-refractivity contribution in [1.29, 1.82) is 0 Å². The number of carboxylic acids is 1. The molecule has 18 heavy (non-hydrogen) atoms. The maximum atomic E-state index is 12.3. The Balaban J connectivity index is 2.59. The van der Waals surface area contributed by atoms with Gasteiger partial charge in [0.25, 0.3) is 0 Å². The van der Waals surface area contributed by atoms with Crippen LogP contribution in [0.5, 0.6) is 0 Å². The van der Waals surface area contributed by atoms with E-state index in [0.717, 1.165) is 26.2 Å². The van der Waals surface area contributed by atoms with Crippen LogP contribution < -0.4 is 5.32 Å². The molecule has 6 nitrogen and oxygen atoms in total. The summed E-state index contributed by atoms with van der Waals surface area (Å²) in [6.45, 7) is 7.50. The maximum Gasteiger partial charge on any atom is 0.305 e. The molecular weight excluding hydrogens is 234 g/mol. The molecule has 0 aromatic carbocycles. The Morgan fingerprint density at radius 1 is 1.33 bits per heavy atom. The number of aliphatic carboxylic acids is 1. The molecule has 0 unspecified atom stereocenters. The number of rotatable bonds is 5. The molecule has 1 fully saturated rings. The van der Waals surface area contributed by atoms with Gasteiger partial charge in [0.1, 0.15) is 0 Å². The number of piperazine rings is 1. The van der Waals surface area contributed by atoms with Crippen molar-refractivity contribution in [2.75, 3.05) is 39.8 Å². The summed E-state index contributed by atoms with van der Waals surface area (Å²) in [6, 6.07) is 0. The fourth-order valence-electron chi connectivity index (χ4n) is 2.19. The molecule has 0 saturated carbocycles. The molecule has 0 atom stereocenters. The van der Waals surface area contributed by atoms with Gasteiger partial charge in [-0.25, -0.2) is 0 Å². The second-order valence-corrected chi connectivity index (χ2v) is 5.17. The van der Waals surface area contributed by atoms with Crippen LogP contribution in [-0.4, -0.2) is 72.1 Å². The van der Waals surface area contributed by atoms with Crippen LogP contribution in [0.25, 0.3) is 0 Å². The van der Waals surface area contributed by atoms with Gasteiger partial charge in [0.05, 0.1) is 12.0 Å². The van der Waals surface area contributed by atoms with Crippen LogP contribution in [-0.2, 0) is 9.59 Å². The van der Waals surface area contributed by atoms with Gasteiger partial charge in [-0.3, -0.25) is 14.5 Å². The van der Waals surface area contributed by atoms with Crippen molar-refractivity contribution in [3.8, 4) is 0 Å². The summed E-state index contributed by atoms with van der Waals surface area (Å²) in [5.74, 6) is -0.903. The second-order valence-electron chi connectivity index (χ2n) is 5.17. The molecule has 0 spiro atoms. The molecule has 0 aliphatic carbocycles. The summed E-state index contributed by atoms with van der Waals surface area (Å²) in [5.41, 5.74) is -0.574. The highest BCUT2D eigenvalue weighted by Crippen LogP contribution is 2.17. The zero-order valence-corrected chi connectivity index (χ0v) is 11.4. The zero-order valence-electron chi connectivity index (χ0n) is 11.4. The van der Waals surface area contributed by atoms with E-state index in [1.165, 1.54) is 4.90 Å². The molecule has 1 aliphatic heterocycles. The summed E-state index contributed by atoms with van der Waals surface area (Å²) >= 11 is 0. The van der Waals surface area contributed by atoms with E-state index in [-0.39, 0.29) is 18.9 Å². The molecule has 6 heteroatoms. The number of nitrogens with one attached hydrogen (secondary N) is 1. The van der Waals surface area contributed by atoms with Gasteiger partial charge in [-0.2, -0.15) is 0 Å². The number of carbonyl (C=O) groups is 2. The fraction of sp³-hybridized carbons (Fsp3) is 0.833. The van der Waals surface area contributed by atoms with Crippen LogP contribution in [0, 0.1) is 0 Å². The molecule has 0 aromatic heterocycles. The van der Waals surface area contributed by atoms with Crippen LogP contribution in [0.1, 0.15) is 20.3 Å². The number of nitrogens with zero attached hydrogens (tertiary/aromatic N) is 2. The van der Waals surface area contributed by atoms with E-state index in [1.807, 2.05) is 13.8 Å². The van der Waals surface area contributed by atoms with Crippen molar-refractivity contribution < 1.29 is 14.7 Å². The highest BCUT2D eigenvalue weighted by atomic mass is 16.4. The van der Waals surface area contributed by atoms with Crippen molar-refractivity contribution in [2.24, 2.45) is 0 Å². The Labute approximate surface area is 108 Å². The lowest BCUT2D eigenvalue weighted by Crippen LogP contribution is -2.60. The summed E-state index contributed by atoms with van der Waals surface area (Å²) in [4.78, 5) is 26.5. The zero-order chi connectivity index (χ0) is 13.8. The minimum atomic E-state index is -0.880. The van der Waals surface area contributed by atoms with Gasteiger partial charge in [-0.15, -0.1) is 0 Å². The quantitative estimate of drug-likeness (QED) is 0.701. The van der Waals surface area contributed by atoms with Crippen molar-refractivity contribution in [1.82, 2.24) is 15.1 Å². The van der Waals surface area contributed by atoms with Gasteiger partial charge in [0.15, 0.2) is 0 Å². The molecule has 1 aliphatic rings. The van der Waals surface area contributed by atoms with Crippen molar-refractivity contribution >= 4 is 11.9 Å².